The summed E-state index contributed by atoms with van der Waals surface area (Å²) in [5.74, 6) is -2.90. The van der Waals surface area contributed by atoms with Gasteiger partial charge < -0.3 is 98.9 Å². The Morgan fingerprint density at radius 2 is 1.24 bits per heavy atom. The van der Waals surface area contributed by atoms with Gasteiger partial charge in [-0.1, -0.05) is 0 Å². The summed E-state index contributed by atoms with van der Waals surface area (Å²) in [6, 6.07) is 5.97. The van der Waals surface area contributed by atoms with Gasteiger partial charge in [0.25, 0.3) is 0 Å². The second kappa shape index (κ2) is 16.3. The van der Waals surface area contributed by atoms with E-state index in [1.165, 1.54) is 31.2 Å². The third-order valence-corrected chi connectivity index (χ3v) is 9.59. The van der Waals surface area contributed by atoms with Gasteiger partial charge in [-0.25, -0.2) is 0 Å². The number of fused-ring (bicyclic) bond motifs is 1. The Hall–Kier alpha value is -3.91. The lowest BCUT2D eigenvalue weighted by Crippen LogP contribution is -2.61. The number of aromatic hydroxyl groups is 2. The molecule has 6 rings (SSSR count). The Labute approximate surface area is 309 Å². The van der Waals surface area contributed by atoms with Crippen LogP contribution in [0.4, 0.5) is 0 Å². The van der Waals surface area contributed by atoms with E-state index in [1.54, 1.807) is 0 Å². The van der Waals surface area contributed by atoms with Gasteiger partial charge in [0.15, 0.2) is 23.4 Å². The van der Waals surface area contributed by atoms with Gasteiger partial charge in [0, 0.05) is 11.6 Å². The number of hydrogen-bond acceptors (Lipinski definition) is 21. The lowest BCUT2D eigenvalue weighted by Gasteiger charge is -2.42. The first-order chi connectivity index (χ1) is 26.1. The van der Waals surface area contributed by atoms with Crippen molar-refractivity contribution in [3.8, 4) is 40.1 Å². The van der Waals surface area contributed by atoms with Gasteiger partial charge in [0.1, 0.15) is 84.0 Å². The first-order valence-electron chi connectivity index (χ1n) is 16.9. The quantitative estimate of drug-likeness (QED) is 0.0934. The first kappa shape index (κ1) is 40.7. The number of methoxy groups -OCH3 is 1. The van der Waals surface area contributed by atoms with E-state index in [-0.39, 0.29) is 17.1 Å². The Bertz CT molecular complexity index is 1850. The van der Waals surface area contributed by atoms with E-state index >= 15 is 0 Å². The molecule has 3 aromatic rings. The second-order valence-corrected chi connectivity index (χ2v) is 13.2. The normalized spacial score (nSPS) is 36.8. The molecule has 3 aliphatic heterocycles. The number of benzene rings is 2. The van der Waals surface area contributed by atoms with E-state index in [1.807, 2.05) is 0 Å². The molecule has 304 valence electrons. The van der Waals surface area contributed by atoms with E-state index in [2.05, 4.69) is 0 Å². The number of rotatable bonds is 10. The number of aliphatic hydroxyl groups excluding tert-OH is 10. The Balaban J connectivity index is 1.35. The smallest absolute Gasteiger partial charge is 0.239 e. The fourth-order valence-electron chi connectivity index (χ4n) is 6.37. The van der Waals surface area contributed by atoms with Gasteiger partial charge >= 0.3 is 0 Å². The molecule has 3 saturated heterocycles. The number of phenols is 2. The molecule has 0 radical (unpaired) electrons. The third-order valence-electron chi connectivity index (χ3n) is 9.59. The summed E-state index contributed by atoms with van der Waals surface area (Å²) in [6.07, 6.45) is -25.0. The van der Waals surface area contributed by atoms with Crippen LogP contribution in [0.3, 0.4) is 0 Å². The minimum atomic E-state index is -1.95. The van der Waals surface area contributed by atoms with Crippen LogP contribution in [-0.2, 0) is 18.9 Å². The number of phenolic OH excluding ortho intramolecular Hbond substituents is 2. The van der Waals surface area contributed by atoms with Crippen LogP contribution < -0.4 is 19.6 Å². The van der Waals surface area contributed by atoms with Crippen molar-refractivity contribution < 1.29 is 98.9 Å². The van der Waals surface area contributed by atoms with Gasteiger partial charge in [-0.2, -0.15) is 0 Å². The minimum Gasteiger partial charge on any atom is -0.508 e. The molecule has 55 heavy (non-hydrogen) atoms. The average molecular weight is 787 g/mol. The van der Waals surface area contributed by atoms with Crippen molar-refractivity contribution in [1.29, 1.82) is 0 Å². The largest absolute Gasteiger partial charge is 0.508 e. The monoisotopic (exact) mass is 786 g/mol. The summed E-state index contributed by atoms with van der Waals surface area (Å²) in [5, 5.41) is 124. The lowest BCUT2D eigenvalue weighted by atomic mass is 9.98. The molecular weight excluding hydrogens is 744 g/mol. The number of aliphatic hydroxyl groups is 10. The zero-order chi connectivity index (χ0) is 40.0. The highest BCUT2D eigenvalue weighted by Crippen LogP contribution is 2.45. The van der Waals surface area contributed by atoms with Crippen LogP contribution >= 0.6 is 0 Å². The maximum absolute atomic E-state index is 14.1. The standard InChI is InChI=1S/C34H42O21/c1-10-18(38)22(42)25(45)32(50-10)49-9-16-20(40)24(44)26(46)33(53-16)51-14-7-13(37)17-21(41)31(55-34-27(47)23(43)19(39)15(8-35)52-34)28(54-30(17)29(14)48-2)11-3-5-12(36)6-4-11/h3-7,10,15-16,18-20,22-27,32-40,42-47H,8-9H2,1-2H3/t10-,15-,16+,18-,19-,20-,22+,23-,24-,25-,26+,27+,32+,33+,34-/m0/s1. The van der Waals surface area contributed by atoms with Crippen molar-refractivity contribution in [3.63, 3.8) is 0 Å². The molecule has 12 N–H and O–H groups in total. The molecule has 15 atom stereocenters. The fourth-order valence-corrected chi connectivity index (χ4v) is 6.37. The Kier molecular flexibility index (Phi) is 12.1. The summed E-state index contributed by atoms with van der Waals surface area (Å²) in [7, 11) is 1.13. The highest BCUT2D eigenvalue weighted by atomic mass is 16.7. The molecule has 3 fully saturated rings. The summed E-state index contributed by atoms with van der Waals surface area (Å²) < 4.78 is 45.1. The van der Waals surface area contributed by atoms with E-state index in [4.69, 9.17) is 37.6 Å². The molecule has 0 unspecified atom stereocenters. The van der Waals surface area contributed by atoms with Crippen LogP contribution in [0.25, 0.3) is 22.3 Å². The topological polar surface area (TPSA) is 338 Å². The van der Waals surface area contributed by atoms with Gasteiger partial charge in [0.2, 0.25) is 29.5 Å². The highest BCUT2D eigenvalue weighted by Gasteiger charge is 2.48. The number of ether oxygens (including phenoxy) is 7. The van der Waals surface area contributed by atoms with Crippen LogP contribution in [-0.4, -0.2) is 174 Å². The molecule has 0 spiro atoms. The zero-order valence-corrected chi connectivity index (χ0v) is 29.0. The molecule has 0 aliphatic carbocycles. The Morgan fingerprint density at radius 1 is 0.673 bits per heavy atom. The maximum atomic E-state index is 14.1. The molecule has 21 heteroatoms. The predicted octanol–water partition coefficient (Wildman–Crippen LogP) is -3.91. The molecule has 21 nitrogen and oxygen atoms in total. The predicted molar refractivity (Wildman–Crippen MR) is 178 cm³/mol. The van der Waals surface area contributed by atoms with Gasteiger partial charge in [-0.05, 0) is 31.2 Å². The van der Waals surface area contributed by atoms with Crippen molar-refractivity contribution in [3.05, 3.63) is 40.6 Å². The van der Waals surface area contributed by atoms with Crippen molar-refractivity contribution in [1.82, 2.24) is 0 Å². The molecule has 0 amide bonds. The first-order valence-corrected chi connectivity index (χ1v) is 16.9. The molecule has 1 aromatic heterocycles. The van der Waals surface area contributed by atoms with Gasteiger partial charge in [0.05, 0.1) is 26.4 Å². The van der Waals surface area contributed by atoms with E-state index < -0.39 is 145 Å². The van der Waals surface area contributed by atoms with E-state index in [0.29, 0.717) is 0 Å². The summed E-state index contributed by atoms with van der Waals surface area (Å²) in [6.45, 7) is 0.00474. The SMILES string of the molecule is COc1c(O[C@@H]2O[C@H](CO[C@@H]3O[C@@H](C)[C@H](O)[C@@H](O)[C@@H]3O)[C@H](O)[C@H](O)[C@H]2O)cc(O)c2c(=O)c(O[C@@H]3O[C@@H](CO)[C@H](O)[C@H](O)[C@H]3O)c(-c3ccc(O)cc3)oc12. The van der Waals surface area contributed by atoms with Gasteiger partial charge in [-0.15, -0.1) is 0 Å². The van der Waals surface area contributed by atoms with Crippen molar-refractivity contribution in [2.24, 2.45) is 0 Å². The minimum absolute atomic E-state index is 0.0822. The third kappa shape index (κ3) is 7.65. The summed E-state index contributed by atoms with van der Waals surface area (Å²) in [4.78, 5) is 14.1. The molecule has 3 aliphatic rings. The van der Waals surface area contributed by atoms with E-state index in [9.17, 15) is 66.1 Å². The molecule has 2 aromatic carbocycles. The van der Waals surface area contributed by atoms with Crippen LogP contribution in [0.5, 0.6) is 28.7 Å². The molecule has 0 saturated carbocycles. The fraction of sp³-hybridized carbons (Fsp3) is 0.559. The average Bonchev–Trinajstić information content (AvgIpc) is 3.16. The van der Waals surface area contributed by atoms with Crippen LogP contribution in [0.1, 0.15) is 6.92 Å². The molecule has 0 bridgehead atoms. The Morgan fingerprint density at radius 3 is 1.85 bits per heavy atom. The van der Waals surface area contributed by atoms with Crippen LogP contribution in [0.15, 0.2) is 39.5 Å². The van der Waals surface area contributed by atoms with Crippen molar-refractivity contribution in [2.75, 3.05) is 20.3 Å². The second-order valence-electron chi connectivity index (χ2n) is 13.2. The summed E-state index contributed by atoms with van der Waals surface area (Å²) >= 11 is 0. The maximum Gasteiger partial charge on any atom is 0.239 e. The molecular formula is C34H42O21. The van der Waals surface area contributed by atoms with Crippen LogP contribution in [0, 0.1) is 0 Å². The van der Waals surface area contributed by atoms with E-state index in [0.717, 1.165) is 13.2 Å². The van der Waals surface area contributed by atoms with Crippen molar-refractivity contribution in [2.45, 2.75) is 99.0 Å². The highest BCUT2D eigenvalue weighted by molar-refractivity contribution is 5.93. The van der Waals surface area contributed by atoms with Gasteiger partial charge in [-0.3, -0.25) is 4.79 Å². The van der Waals surface area contributed by atoms with Crippen molar-refractivity contribution >= 4 is 11.0 Å². The summed E-state index contributed by atoms with van der Waals surface area (Å²) in [5.41, 5.74) is -1.48. The lowest BCUT2D eigenvalue weighted by molar-refractivity contribution is -0.318. The zero-order valence-electron chi connectivity index (χ0n) is 29.0. The number of hydrogen-bond donors (Lipinski definition) is 12. The molecule has 4 heterocycles. The van der Waals surface area contributed by atoms with Crippen LogP contribution in [0.2, 0.25) is 0 Å².